The van der Waals surface area contributed by atoms with Gasteiger partial charge >= 0.3 is 6.03 Å². The maximum atomic E-state index is 13.9. The van der Waals surface area contributed by atoms with Crippen LogP contribution in [0.15, 0.2) is 53.7 Å². The number of hydrogen-bond donors (Lipinski definition) is 4. The van der Waals surface area contributed by atoms with E-state index in [2.05, 4.69) is 16.0 Å². The number of nitrogens with one attached hydrogen (secondary N) is 3. The van der Waals surface area contributed by atoms with E-state index in [1.165, 1.54) is 37.4 Å². The minimum Gasteiger partial charge on any atom is -0.504 e. The van der Waals surface area contributed by atoms with E-state index in [1.807, 2.05) is 0 Å². The van der Waals surface area contributed by atoms with Crippen molar-refractivity contribution in [2.24, 2.45) is 0 Å². The molecule has 0 bridgehead atoms. The van der Waals surface area contributed by atoms with E-state index < -0.39 is 23.8 Å². The van der Waals surface area contributed by atoms with Crippen molar-refractivity contribution in [3.8, 4) is 11.5 Å². The van der Waals surface area contributed by atoms with Gasteiger partial charge in [-0.05, 0) is 36.8 Å². The standard InChI is InChI=1S/C19H18FN3O4/c1-10-16(18(25)22-13-6-4-3-5-12(13)20)17(23-19(26)21-10)11-7-8-14(24)15(9-11)27-2/h3-9,17,24H,1-2H3,(H,22,25)(H2,21,23,26)/t17-/m0/s1. The zero-order chi connectivity index (χ0) is 19.6. The van der Waals surface area contributed by atoms with E-state index in [0.29, 0.717) is 11.3 Å². The van der Waals surface area contributed by atoms with Crippen LogP contribution in [-0.2, 0) is 4.79 Å². The average Bonchev–Trinajstić information content (AvgIpc) is 2.63. The van der Waals surface area contributed by atoms with Gasteiger partial charge in [-0.1, -0.05) is 18.2 Å². The Morgan fingerprint density at radius 2 is 2.00 bits per heavy atom. The predicted molar refractivity (Wildman–Crippen MR) is 96.8 cm³/mol. The number of para-hydroxylation sites is 1. The van der Waals surface area contributed by atoms with Gasteiger partial charge in [-0.25, -0.2) is 9.18 Å². The Morgan fingerprint density at radius 1 is 1.26 bits per heavy atom. The number of halogens is 1. The molecule has 3 amide bonds. The second-order valence-electron chi connectivity index (χ2n) is 5.94. The molecule has 1 heterocycles. The lowest BCUT2D eigenvalue weighted by Gasteiger charge is -2.29. The lowest BCUT2D eigenvalue weighted by Crippen LogP contribution is -2.46. The van der Waals surface area contributed by atoms with Crippen molar-refractivity contribution in [3.05, 3.63) is 65.1 Å². The molecular weight excluding hydrogens is 353 g/mol. The molecule has 0 spiro atoms. The summed E-state index contributed by atoms with van der Waals surface area (Å²) in [6.07, 6.45) is 0. The fraction of sp³-hybridized carbons (Fsp3) is 0.158. The molecule has 1 atom stereocenters. The molecule has 0 saturated heterocycles. The van der Waals surface area contributed by atoms with Crippen LogP contribution in [0.25, 0.3) is 0 Å². The molecule has 8 heteroatoms. The van der Waals surface area contributed by atoms with Crippen LogP contribution in [0.4, 0.5) is 14.9 Å². The molecule has 0 fully saturated rings. The number of hydrogen-bond acceptors (Lipinski definition) is 4. The summed E-state index contributed by atoms with van der Waals surface area (Å²) in [4.78, 5) is 24.8. The first kappa shape index (κ1) is 18.2. The molecule has 0 unspecified atom stereocenters. The summed E-state index contributed by atoms with van der Waals surface area (Å²) < 4.78 is 19.0. The predicted octanol–water partition coefficient (Wildman–Crippen LogP) is 2.81. The fourth-order valence-corrected chi connectivity index (χ4v) is 2.87. The number of methoxy groups -OCH3 is 1. The van der Waals surface area contributed by atoms with Crippen LogP contribution in [0.5, 0.6) is 11.5 Å². The molecule has 4 N–H and O–H groups in total. The summed E-state index contributed by atoms with van der Waals surface area (Å²) in [6, 6.07) is 9.01. The minimum atomic E-state index is -0.806. The number of anilines is 1. The molecule has 1 aliphatic rings. The zero-order valence-electron chi connectivity index (χ0n) is 14.7. The number of phenolic OH excluding ortho intramolecular Hbond substituents is 1. The molecule has 0 saturated carbocycles. The van der Waals surface area contributed by atoms with Crippen molar-refractivity contribution < 1.29 is 23.8 Å². The van der Waals surface area contributed by atoms with Crippen LogP contribution >= 0.6 is 0 Å². The van der Waals surface area contributed by atoms with Crippen molar-refractivity contribution >= 4 is 17.6 Å². The van der Waals surface area contributed by atoms with E-state index in [-0.39, 0.29) is 22.8 Å². The van der Waals surface area contributed by atoms with Gasteiger partial charge in [0.15, 0.2) is 11.5 Å². The summed E-state index contributed by atoms with van der Waals surface area (Å²) in [5.41, 5.74) is 1.11. The Morgan fingerprint density at radius 3 is 2.70 bits per heavy atom. The first-order valence-corrected chi connectivity index (χ1v) is 8.11. The summed E-state index contributed by atoms with van der Waals surface area (Å²) in [5.74, 6) is -1.01. The number of benzene rings is 2. The zero-order valence-corrected chi connectivity index (χ0v) is 14.7. The molecule has 7 nitrogen and oxygen atoms in total. The van der Waals surface area contributed by atoms with Gasteiger partial charge in [0.05, 0.1) is 24.4 Å². The number of urea groups is 1. The van der Waals surface area contributed by atoms with E-state index in [0.717, 1.165) is 0 Å². The number of ether oxygens (including phenoxy) is 1. The maximum Gasteiger partial charge on any atom is 0.319 e. The van der Waals surface area contributed by atoms with Gasteiger partial charge in [0.2, 0.25) is 0 Å². The number of aromatic hydroxyl groups is 1. The number of phenols is 1. The number of carbonyl (C=O) groups is 2. The van der Waals surface area contributed by atoms with Crippen molar-refractivity contribution in [2.75, 3.05) is 12.4 Å². The highest BCUT2D eigenvalue weighted by Gasteiger charge is 2.32. The Kier molecular flexibility index (Phi) is 4.98. The van der Waals surface area contributed by atoms with Crippen molar-refractivity contribution in [1.82, 2.24) is 10.6 Å². The Labute approximate surface area is 154 Å². The highest BCUT2D eigenvalue weighted by atomic mass is 19.1. The SMILES string of the molecule is COc1cc([C@@H]2NC(=O)NC(C)=C2C(=O)Nc2ccccc2F)ccc1O. The Hall–Kier alpha value is -3.55. The Bertz CT molecular complexity index is 942. The Balaban J connectivity index is 1.99. The maximum absolute atomic E-state index is 13.9. The summed E-state index contributed by atoms with van der Waals surface area (Å²) >= 11 is 0. The highest BCUT2D eigenvalue weighted by molar-refractivity contribution is 6.06. The van der Waals surface area contributed by atoms with E-state index in [1.54, 1.807) is 19.1 Å². The molecule has 0 aliphatic carbocycles. The van der Waals surface area contributed by atoms with Crippen LogP contribution < -0.4 is 20.7 Å². The molecule has 0 radical (unpaired) electrons. The second-order valence-corrected chi connectivity index (χ2v) is 5.94. The molecule has 2 aromatic carbocycles. The number of amides is 3. The fourth-order valence-electron chi connectivity index (χ4n) is 2.87. The van der Waals surface area contributed by atoms with Gasteiger partial charge in [0.25, 0.3) is 5.91 Å². The normalized spacial score (nSPS) is 16.4. The van der Waals surface area contributed by atoms with Crippen LogP contribution in [0, 0.1) is 5.82 Å². The molecular formula is C19H18FN3O4. The van der Waals surface area contributed by atoms with Gasteiger partial charge in [-0.2, -0.15) is 0 Å². The van der Waals surface area contributed by atoms with Crippen LogP contribution in [0.1, 0.15) is 18.5 Å². The summed E-state index contributed by atoms with van der Waals surface area (Å²) in [7, 11) is 1.40. The van der Waals surface area contributed by atoms with Gasteiger partial charge in [-0.3, -0.25) is 4.79 Å². The first-order chi connectivity index (χ1) is 12.9. The van der Waals surface area contributed by atoms with Gasteiger partial charge < -0.3 is 25.8 Å². The third kappa shape index (κ3) is 3.69. The van der Waals surface area contributed by atoms with Crippen molar-refractivity contribution in [1.29, 1.82) is 0 Å². The van der Waals surface area contributed by atoms with Crippen molar-refractivity contribution in [3.63, 3.8) is 0 Å². The molecule has 0 aromatic heterocycles. The third-order valence-electron chi connectivity index (χ3n) is 4.17. The molecule has 27 heavy (non-hydrogen) atoms. The van der Waals surface area contributed by atoms with Gasteiger partial charge in [-0.15, -0.1) is 0 Å². The van der Waals surface area contributed by atoms with Crippen LogP contribution in [0.2, 0.25) is 0 Å². The molecule has 2 aromatic rings. The summed E-state index contributed by atoms with van der Waals surface area (Å²) in [5, 5.41) is 17.5. The van der Waals surface area contributed by atoms with Crippen LogP contribution in [-0.4, -0.2) is 24.2 Å². The van der Waals surface area contributed by atoms with E-state index >= 15 is 0 Å². The number of allylic oxidation sites excluding steroid dienone is 1. The van der Waals surface area contributed by atoms with Gasteiger partial charge in [0, 0.05) is 5.70 Å². The number of carbonyl (C=O) groups excluding carboxylic acids is 2. The third-order valence-corrected chi connectivity index (χ3v) is 4.17. The molecule has 1 aliphatic heterocycles. The van der Waals surface area contributed by atoms with E-state index in [4.69, 9.17) is 4.74 Å². The summed E-state index contributed by atoms with van der Waals surface area (Å²) in [6.45, 7) is 1.58. The average molecular weight is 371 g/mol. The topological polar surface area (TPSA) is 99.7 Å². The van der Waals surface area contributed by atoms with Crippen LogP contribution in [0.3, 0.4) is 0 Å². The quantitative estimate of drug-likeness (QED) is 0.664. The van der Waals surface area contributed by atoms with Crippen molar-refractivity contribution in [2.45, 2.75) is 13.0 Å². The van der Waals surface area contributed by atoms with Gasteiger partial charge in [0.1, 0.15) is 5.82 Å². The second kappa shape index (κ2) is 7.36. The smallest absolute Gasteiger partial charge is 0.319 e. The minimum absolute atomic E-state index is 0.0294. The lowest BCUT2D eigenvalue weighted by atomic mass is 9.94. The number of rotatable bonds is 4. The van der Waals surface area contributed by atoms with E-state index in [9.17, 15) is 19.1 Å². The monoisotopic (exact) mass is 371 g/mol. The molecule has 3 rings (SSSR count). The first-order valence-electron chi connectivity index (χ1n) is 8.11. The lowest BCUT2D eigenvalue weighted by molar-refractivity contribution is -0.113. The molecule has 140 valence electrons. The largest absolute Gasteiger partial charge is 0.504 e. The highest BCUT2D eigenvalue weighted by Crippen LogP contribution is 2.33.